The second-order valence-corrected chi connectivity index (χ2v) is 8.41. The lowest BCUT2D eigenvalue weighted by atomic mass is 10.00. The number of fused-ring (bicyclic) bond motifs is 1. The van der Waals surface area contributed by atoms with Crippen LogP contribution in [-0.4, -0.2) is 43.2 Å². The highest BCUT2D eigenvalue weighted by Crippen LogP contribution is 2.29. The minimum absolute atomic E-state index is 0.0125. The van der Waals surface area contributed by atoms with Crippen LogP contribution in [0.15, 0.2) is 24.3 Å². The van der Waals surface area contributed by atoms with Crippen LogP contribution in [0.25, 0.3) is 0 Å². The zero-order valence-electron chi connectivity index (χ0n) is 11.5. The van der Waals surface area contributed by atoms with E-state index in [0.717, 1.165) is 12.8 Å². The fourth-order valence-electron chi connectivity index (χ4n) is 3.32. The summed E-state index contributed by atoms with van der Waals surface area (Å²) in [6.07, 6.45) is 2.90. The molecule has 1 unspecified atom stereocenters. The molecular weight excluding hydrogens is 274 g/mol. The Morgan fingerprint density at radius 2 is 1.90 bits per heavy atom. The SMILES string of the molecule is O=S1(=O)CCCC(NCC2(O)Cc3ccccc3C2)C1. The Morgan fingerprint density at radius 1 is 1.25 bits per heavy atom. The summed E-state index contributed by atoms with van der Waals surface area (Å²) in [6.45, 7) is 0.460. The second kappa shape index (κ2) is 5.13. The van der Waals surface area contributed by atoms with E-state index in [2.05, 4.69) is 17.4 Å². The minimum Gasteiger partial charge on any atom is -0.388 e. The van der Waals surface area contributed by atoms with Crippen molar-refractivity contribution >= 4 is 9.84 Å². The van der Waals surface area contributed by atoms with Gasteiger partial charge in [-0.1, -0.05) is 24.3 Å². The Hall–Kier alpha value is -0.910. The highest BCUT2D eigenvalue weighted by molar-refractivity contribution is 7.91. The van der Waals surface area contributed by atoms with E-state index in [0.29, 0.717) is 25.1 Å². The highest BCUT2D eigenvalue weighted by Gasteiger charge is 2.36. The van der Waals surface area contributed by atoms with Crippen molar-refractivity contribution < 1.29 is 13.5 Å². The molecule has 110 valence electrons. The van der Waals surface area contributed by atoms with E-state index in [1.165, 1.54) is 11.1 Å². The molecular formula is C15H21NO3S. The van der Waals surface area contributed by atoms with Gasteiger partial charge >= 0.3 is 0 Å². The zero-order chi connectivity index (χ0) is 14.2. The average Bonchev–Trinajstić information content (AvgIpc) is 2.72. The molecule has 5 heteroatoms. The van der Waals surface area contributed by atoms with E-state index in [9.17, 15) is 13.5 Å². The smallest absolute Gasteiger partial charge is 0.151 e. The largest absolute Gasteiger partial charge is 0.388 e. The van der Waals surface area contributed by atoms with E-state index in [1.54, 1.807) is 0 Å². The van der Waals surface area contributed by atoms with Crippen molar-refractivity contribution in [2.75, 3.05) is 18.1 Å². The Balaban J connectivity index is 1.60. The summed E-state index contributed by atoms with van der Waals surface area (Å²) in [7, 11) is -2.90. The van der Waals surface area contributed by atoms with E-state index in [1.807, 2.05) is 12.1 Å². The maximum Gasteiger partial charge on any atom is 0.151 e. The van der Waals surface area contributed by atoms with Gasteiger partial charge in [-0.2, -0.15) is 0 Å². The van der Waals surface area contributed by atoms with Crippen LogP contribution in [0.3, 0.4) is 0 Å². The molecule has 4 nitrogen and oxygen atoms in total. The molecule has 1 saturated heterocycles. The van der Waals surface area contributed by atoms with Crippen LogP contribution in [0.4, 0.5) is 0 Å². The van der Waals surface area contributed by atoms with Gasteiger partial charge in [-0.25, -0.2) is 8.42 Å². The lowest BCUT2D eigenvalue weighted by Gasteiger charge is -2.28. The van der Waals surface area contributed by atoms with Crippen LogP contribution < -0.4 is 5.32 Å². The molecule has 0 bridgehead atoms. The van der Waals surface area contributed by atoms with Gasteiger partial charge < -0.3 is 10.4 Å². The van der Waals surface area contributed by atoms with E-state index >= 15 is 0 Å². The van der Waals surface area contributed by atoms with Gasteiger partial charge in [0.25, 0.3) is 0 Å². The highest BCUT2D eigenvalue weighted by atomic mass is 32.2. The molecule has 0 saturated carbocycles. The summed E-state index contributed by atoms with van der Waals surface area (Å²) in [4.78, 5) is 0. The number of hydrogen-bond donors (Lipinski definition) is 2. The number of rotatable bonds is 3. The lowest BCUT2D eigenvalue weighted by molar-refractivity contribution is 0.0485. The summed E-state index contributed by atoms with van der Waals surface area (Å²) >= 11 is 0. The van der Waals surface area contributed by atoms with Gasteiger partial charge in [-0.15, -0.1) is 0 Å². The quantitative estimate of drug-likeness (QED) is 0.861. The monoisotopic (exact) mass is 295 g/mol. The molecule has 1 aromatic carbocycles. The molecule has 1 aliphatic carbocycles. The molecule has 2 N–H and O–H groups in total. The van der Waals surface area contributed by atoms with Gasteiger partial charge in [0.1, 0.15) is 0 Å². The summed E-state index contributed by atoms with van der Waals surface area (Å²) in [5.74, 6) is 0.511. The van der Waals surface area contributed by atoms with Gasteiger partial charge in [0, 0.05) is 25.4 Å². The van der Waals surface area contributed by atoms with Gasteiger partial charge in [-0.3, -0.25) is 0 Å². The van der Waals surface area contributed by atoms with E-state index in [4.69, 9.17) is 0 Å². The van der Waals surface area contributed by atoms with E-state index < -0.39 is 15.4 Å². The first-order valence-electron chi connectivity index (χ1n) is 7.19. The molecule has 2 aliphatic rings. The van der Waals surface area contributed by atoms with Crippen molar-refractivity contribution in [1.82, 2.24) is 5.32 Å². The van der Waals surface area contributed by atoms with Crippen molar-refractivity contribution in [3.63, 3.8) is 0 Å². The number of aliphatic hydroxyl groups is 1. The first-order valence-corrected chi connectivity index (χ1v) is 9.01. The fraction of sp³-hybridized carbons (Fsp3) is 0.600. The van der Waals surface area contributed by atoms with Crippen LogP contribution in [0, 0.1) is 0 Å². The van der Waals surface area contributed by atoms with Crippen molar-refractivity contribution in [2.24, 2.45) is 0 Å². The molecule has 0 amide bonds. The van der Waals surface area contributed by atoms with Crippen molar-refractivity contribution in [1.29, 1.82) is 0 Å². The molecule has 20 heavy (non-hydrogen) atoms. The molecule has 1 atom stereocenters. The Labute approximate surface area is 120 Å². The fourth-order valence-corrected chi connectivity index (χ4v) is 4.99. The molecule has 0 aromatic heterocycles. The first-order chi connectivity index (χ1) is 9.46. The molecule has 0 radical (unpaired) electrons. The van der Waals surface area contributed by atoms with Crippen LogP contribution in [0.5, 0.6) is 0 Å². The maximum atomic E-state index is 11.6. The standard InChI is InChI=1S/C15H21NO3S/c17-15(8-12-4-1-2-5-13(12)9-15)11-16-14-6-3-7-20(18,19)10-14/h1-2,4-5,14,16-17H,3,6-11H2. The minimum atomic E-state index is -2.90. The number of benzene rings is 1. The normalized spacial score (nSPS) is 27.1. The van der Waals surface area contributed by atoms with Gasteiger partial charge in [0.2, 0.25) is 0 Å². The summed E-state index contributed by atoms with van der Waals surface area (Å²) in [6, 6.07) is 8.08. The second-order valence-electron chi connectivity index (χ2n) is 6.18. The van der Waals surface area contributed by atoms with E-state index in [-0.39, 0.29) is 11.8 Å². The summed E-state index contributed by atoms with van der Waals surface area (Å²) in [5, 5.41) is 13.9. The molecule has 0 spiro atoms. The van der Waals surface area contributed by atoms with Crippen molar-refractivity contribution in [3.8, 4) is 0 Å². The third-order valence-electron chi connectivity index (χ3n) is 4.34. The van der Waals surface area contributed by atoms with Gasteiger partial charge in [-0.05, 0) is 24.0 Å². The van der Waals surface area contributed by atoms with Crippen LogP contribution >= 0.6 is 0 Å². The van der Waals surface area contributed by atoms with Gasteiger partial charge in [0.05, 0.1) is 17.1 Å². The Kier molecular flexibility index (Phi) is 3.60. The molecule has 3 rings (SSSR count). The predicted molar refractivity (Wildman–Crippen MR) is 78.5 cm³/mol. The first kappa shape index (κ1) is 14.0. The third-order valence-corrected chi connectivity index (χ3v) is 6.16. The third kappa shape index (κ3) is 3.05. The van der Waals surface area contributed by atoms with Crippen LogP contribution in [0.2, 0.25) is 0 Å². The zero-order valence-corrected chi connectivity index (χ0v) is 12.3. The van der Waals surface area contributed by atoms with Crippen molar-refractivity contribution in [2.45, 2.75) is 37.3 Å². The molecule has 1 aliphatic heterocycles. The molecule has 1 fully saturated rings. The summed E-state index contributed by atoms with van der Waals surface area (Å²) < 4.78 is 23.2. The van der Waals surface area contributed by atoms with Crippen molar-refractivity contribution in [3.05, 3.63) is 35.4 Å². The maximum absolute atomic E-state index is 11.6. The van der Waals surface area contributed by atoms with Crippen LogP contribution in [-0.2, 0) is 22.7 Å². The molecule has 1 aromatic rings. The summed E-state index contributed by atoms with van der Waals surface area (Å²) in [5.41, 5.74) is 1.63. The topological polar surface area (TPSA) is 66.4 Å². The lowest BCUT2D eigenvalue weighted by Crippen LogP contribution is -2.48. The van der Waals surface area contributed by atoms with Crippen LogP contribution in [0.1, 0.15) is 24.0 Å². The number of sulfone groups is 1. The predicted octanol–water partition coefficient (Wildman–Crippen LogP) is 0.683. The average molecular weight is 295 g/mol. The number of hydrogen-bond acceptors (Lipinski definition) is 4. The van der Waals surface area contributed by atoms with Gasteiger partial charge in [0.15, 0.2) is 9.84 Å². The Bertz CT molecular complexity index is 572. The Morgan fingerprint density at radius 3 is 2.50 bits per heavy atom. The number of nitrogens with one attached hydrogen (secondary N) is 1. The molecule has 1 heterocycles.